The van der Waals surface area contributed by atoms with Crippen molar-refractivity contribution >= 4 is 11.8 Å². The van der Waals surface area contributed by atoms with Crippen LogP contribution in [-0.2, 0) is 9.59 Å². The summed E-state index contributed by atoms with van der Waals surface area (Å²) in [6.07, 6.45) is 0.901. The van der Waals surface area contributed by atoms with Crippen molar-refractivity contribution < 1.29 is 9.59 Å². The zero-order valence-electron chi connectivity index (χ0n) is 12.6. The molecule has 2 atom stereocenters. The lowest BCUT2D eigenvalue weighted by Gasteiger charge is -2.37. The van der Waals surface area contributed by atoms with Gasteiger partial charge in [0.15, 0.2) is 0 Å². The Morgan fingerprint density at radius 1 is 1.00 bits per heavy atom. The van der Waals surface area contributed by atoms with Gasteiger partial charge in [-0.1, -0.05) is 34.1 Å². The molecule has 5 heteroatoms. The normalized spacial score (nSPS) is 19.5. The Labute approximate surface area is 116 Å². The zero-order chi connectivity index (χ0) is 14.6. The number of carbonyl (C=O) groups is 2. The molecule has 2 amide bonds. The zero-order valence-corrected chi connectivity index (χ0v) is 12.6. The van der Waals surface area contributed by atoms with Gasteiger partial charge in [-0.05, 0) is 5.92 Å². The lowest BCUT2D eigenvalue weighted by atomic mass is 9.98. The molecule has 0 radical (unpaired) electrons. The lowest BCUT2D eigenvalue weighted by molar-refractivity contribution is -0.142. The van der Waals surface area contributed by atoms with Gasteiger partial charge in [-0.2, -0.15) is 0 Å². The topological polar surface area (TPSA) is 66.6 Å². The van der Waals surface area contributed by atoms with Crippen LogP contribution < -0.4 is 5.73 Å². The number of carbonyl (C=O) groups excluding carboxylic acids is 2. The molecular weight excluding hydrogens is 242 g/mol. The molecule has 1 rings (SSSR count). The highest BCUT2D eigenvalue weighted by Gasteiger charge is 2.29. The Hall–Kier alpha value is -1.10. The Kier molecular flexibility index (Phi) is 5.79. The quantitative estimate of drug-likeness (QED) is 0.816. The standard InChI is InChI=1S/C14H27N3O2/c1-5-11(4)12(15)14(19)17-8-6-16(7-9-17)13(18)10(2)3/h10-12H,5-9,15H2,1-4H3. The van der Waals surface area contributed by atoms with Crippen molar-refractivity contribution in [3.05, 3.63) is 0 Å². The fraction of sp³-hybridized carbons (Fsp3) is 0.857. The third-order valence-corrected chi connectivity index (χ3v) is 3.94. The van der Waals surface area contributed by atoms with Gasteiger partial charge in [0.05, 0.1) is 6.04 Å². The minimum absolute atomic E-state index is 0.0182. The van der Waals surface area contributed by atoms with Crippen molar-refractivity contribution in [3.8, 4) is 0 Å². The van der Waals surface area contributed by atoms with E-state index in [1.807, 2.05) is 32.6 Å². The van der Waals surface area contributed by atoms with E-state index in [4.69, 9.17) is 5.73 Å². The Morgan fingerprint density at radius 2 is 1.42 bits per heavy atom. The van der Waals surface area contributed by atoms with E-state index < -0.39 is 6.04 Å². The van der Waals surface area contributed by atoms with Crippen LogP contribution in [-0.4, -0.2) is 53.8 Å². The molecule has 2 unspecified atom stereocenters. The number of piperazine rings is 1. The maximum absolute atomic E-state index is 12.2. The first-order valence-corrected chi connectivity index (χ1v) is 7.21. The second-order valence-corrected chi connectivity index (χ2v) is 5.72. The molecule has 0 bridgehead atoms. The highest BCUT2D eigenvalue weighted by molar-refractivity contribution is 5.83. The summed E-state index contributed by atoms with van der Waals surface area (Å²) in [5.41, 5.74) is 5.97. The molecule has 19 heavy (non-hydrogen) atoms. The monoisotopic (exact) mass is 269 g/mol. The van der Waals surface area contributed by atoms with E-state index in [-0.39, 0.29) is 23.7 Å². The summed E-state index contributed by atoms with van der Waals surface area (Å²) in [6.45, 7) is 10.3. The molecule has 1 aliphatic heterocycles. The van der Waals surface area contributed by atoms with Gasteiger partial charge in [-0.25, -0.2) is 0 Å². The van der Waals surface area contributed by atoms with Crippen LogP contribution in [0.2, 0.25) is 0 Å². The van der Waals surface area contributed by atoms with E-state index in [1.165, 1.54) is 0 Å². The lowest BCUT2D eigenvalue weighted by Crippen LogP contribution is -2.56. The predicted octanol–water partition coefficient (Wildman–Crippen LogP) is 0.687. The number of amides is 2. The van der Waals surface area contributed by atoms with E-state index in [2.05, 4.69) is 0 Å². The van der Waals surface area contributed by atoms with Crippen LogP contribution in [0.25, 0.3) is 0 Å². The van der Waals surface area contributed by atoms with E-state index in [1.54, 1.807) is 4.90 Å². The number of nitrogens with two attached hydrogens (primary N) is 1. The van der Waals surface area contributed by atoms with Crippen molar-refractivity contribution in [2.45, 2.75) is 40.2 Å². The minimum Gasteiger partial charge on any atom is -0.339 e. The van der Waals surface area contributed by atoms with Crippen LogP contribution in [0.4, 0.5) is 0 Å². The summed E-state index contributed by atoms with van der Waals surface area (Å²) in [5, 5.41) is 0. The van der Waals surface area contributed by atoms with Gasteiger partial charge in [-0.3, -0.25) is 9.59 Å². The molecular formula is C14H27N3O2. The van der Waals surface area contributed by atoms with Crippen LogP contribution in [0, 0.1) is 11.8 Å². The second kappa shape index (κ2) is 6.89. The summed E-state index contributed by atoms with van der Waals surface area (Å²) in [4.78, 5) is 27.7. The maximum atomic E-state index is 12.2. The molecule has 1 fully saturated rings. The van der Waals surface area contributed by atoms with E-state index in [0.29, 0.717) is 26.2 Å². The van der Waals surface area contributed by atoms with E-state index in [0.717, 1.165) is 6.42 Å². The van der Waals surface area contributed by atoms with Crippen LogP contribution in [0.3, 0.4) is 0 Å². The van der Waals surface area contributed by atoms with Gasteiger partial charge in [-0.15, -0.1) is 0 Å². The van der Waals surface area contributed by atoms with Crippen molar-refractivity contribution in [1.82, 2.24) is 9.80 Å². The Balaban J connectivity index is 2.50. The summed E-state index contributed by atoms with van der Waals surface area (Å²) < 4.78 is 0. The van der Waals surface area contributed by atoms with E-state index in [9.17, 15) is 9.59 Å². The molecule has 0 aromatic heterocycles. The van der Waals surface area contributed by atoms with Gasteiger partial charge in [0.1, 0.15) is 0 Å². The number of hydrogen-bond acceptors (Lipinski definition) is 3. The fourth-order valence-electron chi connectivity index (χ4n) is 2.22. The first kappa shape index (κ1) is 16.0. The van der Waals surface area contributed by atoms with Crippen LogP contribution in [0.1, 0.15) is 34.1 Å². The predicted molar refractivity (Wildman–Crippen MR) is 75.4 cm³/mol. The first-order chi connectivity index (χ1) is 8.88. The highest BCUT2D eigenvalue weighted by Crippen LogP contribution is 2.12. The van der Waals surface area contributed by atoms with Crippen molar-refractivity contribution in [1.29, 1.82) is 0 Å². The SMILES string of the molecule is CCC(C)C(N)C(=O)N1CCN(C(=O)C(C)C)CC1. The minimum atomic E-state index is -0.419. The maximum Gasteiger partial charge on any atom is 0.239 e. The van der Waals surface area contributed by atoms with Gasteiger partial charge in [0.25, 0.3) is 0 Å². The average Bonchev–Trinajstić information content (AvgIpc) is 2.44. The summed E-state index contributed by atoms with van der Waals surface area (Å²) in [5.74, 6) is 0.400. The molecule has 1 aliphatic rings. The molecule has 2 N–H and O–H groups in total. The molecule has 0 aromatic rings. The number of nitrogens with zero attached hydrogens (tertiary/aromatic N) is 2. The van der Waals surface area contributed by atoms with Gasteiger partial charge in [0, 0.05) is 32.1 Å². The van der Waals surface area contributed by atoms with Gasteiger partial charge >= 0.3 is 0 Å². The van der Waals surface area contributed by atoms with Gasteiger partial charge in [0.2, 0.25) is 11.8 Å². The molecule has 0 aliphatic carbocycles. The third-order valence-electron chi connectivity index (χ3n) is 3.94. The molecule has 110 valence electrons. The molecule has 0 saturated carbocycles. The van der Waals surface area contributed by atoms with Crippen LogP contribution >= 0.6 is 0 Å². The largest absolute Gasteiger partial charge is 0.339 e. The summed E-state index contributed by atoms with van der Waals surface area (Å²) in [6, 6.07) is -0.419. The molecule has 5 nitrogen and oxygen atoms in total. The Morgan fingerprint density at radius 3 is 1.79 bits per heavy atom. The second-order valence-electron chi connectivity index (χ2n) is 5.72. The molecule has 1 heterocycles. The third kappa shape index (κ3) is 3.93. The van der Waals surface area contributed by atoms with Crippen molar-refractivity contribution in [3.63, 3.8) is 0 Å². The van der Waals surface area contributed by atoms with Crippen molar-refractivity contribution in [2.24, 2.45) is 17.6 Å². The first-order valence-electron chi connectivity index (χ1n) is 7.21. The Bertz CT molecular complexity index is 323. The average molecular weight is 269 g/mol. The number of rotatable bonds is 4. The summed E-state index contributed by atoms with van der Waals surface area (Å²) in [7, 11) is 0. The van der Waals surface area contributed by atoms with Gasteiger partial charge < -0.3 is 15.5 Å². The smallest absolute Gasteiger partial charge is 0.239 e. The molecule has 0 spiro atoms. The summed E-state index contributed by atoms with van der Waals surface area (Å²) >= 11 is 0. The highest BCUT2D eigenvalue weighted by atomic mass is 16.2. The van der Waals surface area contributed by atoms with E-state index >= 15 is 0 Å². The fourth-order valence-corrected chi connectivity index (χ4v) is 2.22. The van der Waals surface area contributed by atoms with Crippen molar-refractivity contribution in [2.75, 3.05) is 26.2 Å². The molecule has 0 aromatic carbocycles. The van der Waals surface area contributed by atoms with Crippen LogP contribution in [0.5, 0.6) is 0 Å². The number of hydrogen-bond donors (Lipinski definition) is 1. The molecule has 1 saturated heterocycles. The van der Waals surface area contributed by atoms with Crippen LogP contribution in [0.15, 0.2) is 0 Å².